The summed E-state index contributed by atoms with van der Waals surface area (Å²) >= 11 is 0. The van der Waals surface area contributed by atoms with Gasteiger partial charge in [-0.1, -0.05) is 13.0 Å². The lowest BCUT2D eigenvalue weighted by Gasteiger charge is -2.03. The number of amides is 1. The molecule has 0 fully saturated rings. The molecule has 0 atom stereocenters. The molecule has 0 saturated heterocycles. The van der Waals surface area contributed by atoms with E-state index in [0.29, 0.717) is 6.54 Å². The van der Waals surface area contributed by atoms with Crippen LogP contribution in [0.5, 0.6) is 0 Å². The van der Waals surface area contributed by atoms with Crippen molar-refractivity contribution >= 4 is 5.91 Å². The van der Waals surface area contributed by atoms with E-state index < -0.39 is 0 Å². The van der Waals surface area contributed by atoms with Crippen molar-refractivity contribution in [2.75, 3.05) is 6.54 Å². The van der Waals surface area contributed by atoms with Gasteiger partial charge in [0.25, 0.3) is 0 Å². The van der Waals surface area contributed by atoms with Gasteiger partial charge < -0.3 is 10.3 Å². The molecular weight excluding hydrogens is 190 g/mol. The fourth-order valence-electron chi connectivity index (χ4n) is 1.27. The van der Waals surface area contributed by atoms with E-state index in [2.05, 4.69) is 15.3 Å². The van der Waals surface area contributed by atoms with Crippen LogP contribution in [0, 0.1) is 0 Å². The van der Waals surface area contributed by atoms with Gasteiger partial charge in [-0.05, 0) is 13.3 Å². The lowest BCUT2D eigenvalue weighted by atomic mass is 10.2. The lowest BCUT2D eigenvalue weighted by Crippen LogP contribution is -2.26. The van der Waals surface area contributed by atoms with E-state index in [-0.39, 0.29) is 5.91 Å². The van der Waals surface area contributed by atoms with Crippen LogP contribution >= 0.6 is 0 Å². The minimum atomic E-state index is 0.00315. The van der Waals surface area contributed by atoms with Crippen LogP contribution in [0.4, 0.5) is 0 Å². The van der Waals surface area contributed by atoms with Gasteiger partial charge in [0.1, 0.15) is 5.82 Å². The topological polar surface area (TPSA) is 57.8 Å². The zero-order valence-corrected chi connectivity index (χ0v) is 9.21. The molecule has 0 aliphatic heterocycles. The maximum atomic E-state index is 11.5. The number of aromatic nitrogens is 2. The molecule has 4 nitrogen and oxygen atoms in total. The van der Waals surface area contributed by atoms with Crippen molar-refractivity contribution in [3.63, 3.8) is 0 Å². The number of aromatic amines is 1. The van der Waals surface area contributed by atoms with Crippen LogP contribution in [-0.4, -0.2) is 22.4 Å². The second-order valence-corrected chi connectivity index (χ2v) is 3.34. The number of imidazole rings is 1. The molecule has 0 aliphatic carbocycles. The van der Waals surface area contributed by atoms with E-state index in [1.54, 1.807) is 12.4 Å². The first-order valence-corrected chi connectivity index (χ1v) is 5.17. The second-order valence-electron chi connectivity index (χ2n) is 3.34. The van der Waals surface area contributed by atoms with E-state index in [0.717, 1.165) is 24.2 Å². The summed E-state index contributed by atoms with van der Waals surface area (Å²) in [4.78, 5) is 18.5. The van der Waals surface area contributed by atoms with Crippen LogP contribution < -0.4 is 5.32 Å². The Balaban J connectivity index is 2.26. The van der Waals surface area contributed by atoms with E-state index in [4.69, 9.17) is 0 Å². The highest BCUT2D eigenvalue weighted by molar-refractivity contribution is 5.92. The standard InChI is InChI=1S/C11H17N3O/c1-3-4-9(2)11(15)14-6-5-10-12-7-8-13-10/h4,7-8H,3,5-6H2,1-2H3,(H,12,13)(H,14,15)/b9-4-. The Morgan fingerprint density at radius 3 is 3.07 bits per heavy atom. The molecule has 0 saturated carbocycles. The highest BCUT2D eigenvalue weighted by Crippen LogP contribution is 1.95. The van der Waals surface area contributed by atoms with Crippen molar-refractivity contribution < 1.29 is 4.79 Å². The number of H-pyrrole nitrogens is 1. The van der Waals surface area contributed by atoms with Gasteiger partial charge in [0.05, 0.1) is 0 Å². The highest BCUT2D eigenvalue weighted by Gasteiger charge is 2.02. The molecule has 1 aromatic heterocycles. The Kier molecular flexibility index (Phi) is 4.60. The predicted molar refractivity (Wildman–Crippen MR) is 59.3 cm³/mol. The van der Waals surface area contributed by atoms with Crippen LogP contribution in [0.2, 0.25) is 0 Å². The number of hydrogen-bond donors (Lipinski definition) is 2. The van der Waals surface area contributed by atoms with Crippen LogP contribution in [-0.2, 0) is 11.2 Å². The summed E-state index contributed by atoms with van der Waals surface area (Å²) in [5.41, 5.74) is 0.775. The molecule has 82 valence electrons. The van der Waals surface area contributed by atoms with Crippen LogP contribution in [0.15, 0.2) is 24.0 Å². The van der Waals surface area contributed by atoms with Crippen molar-refractivity contribution in [1.82, 2.24) is 15.3 Å². The monoisotopic (exact) mass is 207 g/mol. The molecule has 0 unspecified atom stereocenters. The molecule has 1 heterocycles. The molecule has 1 rings (SSSR count). The molecule has 1 amide bonds. The lowest BCUT2D eigenvalue weighted by molar-refractivity contribution is -0.117. The van der Waals surface area contributed by atoms with E-state index in [1.807, 2.05) is 19.9 Å². The number of allylic oxidation sites excluding steroid dienone is 1. The largest absolute Gasteiger partial charge is 0.352 e. The molecule has 1 aromatic rings. The van der Waals surface area contributed by atoms with Gasteiger partial charge in [0.15, 0.2) is 0 Å². The first kappa shape index (κ1) is 11.5. The quantitative estimate of drug-likeness (QED) is 0.717. The van der Waals surface area contributed by atoms with Crippen molar-refractivity contribution in [2.45, 2.75) is 26.7 Å². The molecule has 0 radical (unpaired) electrons. The molecule has 2 N–H and O–H groups in total. The number of nitrogens with zero attached hydrogens (tertiary/aromatic N) is 1. The van der Waals surface area contributed by atoms with Crippen molar-refractivity contribution in [1.29, 1.82) is 0 Å². The number of carbonyl (C=O) groups is 1. The average molecular weight is 207 g/mol. The van der Waals surface area contributed by atoms with Crippen molar-refractivity contribution in [2.24, 2.45) is 0 Å². The first-order chi connectivity index (χ1) is 7.24. The average Bonchev–Trinajstić information content (AvgIpc) is 2.71. The van der Waals surface area contributed by atoms with Gasteiger partial charge in [-0.2, -0.15) is 0 Å². The van der Waals surface area contributed by atoms with Crippen molar-refractivity contribution in [3.8, 4) is 0 Å². The molecule has 4 heteroatoms. The number of nitrogens with one attached hydrogen (secondary N) is 2. The molecule has 0 aromatic carbocycles. The molecule has 0 aliphatic rings. The van der Waals surface area contributed by atoms with Gasteiger partial charge >= 0.3 is 0 Å². The van der Waals surface area contributed by atoms with Gasteiger partial charge in [0.2, 0.25) is 5.91 Å². The second kappa shape index (κ2) is 6.01. The Labute approximate surface area is 89.8 Å². The summed E-state index contributed by atoms with van der Waals surface area (Å²) in [7, 11) is 0. The fraction of sp³-hybridized carbons (Fsp3) is 0.455. The summed E-state index contributed by atoms with van der Waals surface area (Å²) in [6.45, 7) is 4.45. The summed E-state index contributed by atoms with van der Waals surface area (Å²) in [5, 5.41) is 2.84. The maximum Gasteiger partial charge on any atom is 0.246 e. The minimum absolute atomic E-state index is 0.00315. The maximum absolute atomic E-state index is 11.5. The molecule has 0 bridgehead atoms. The Hall–Kier alpha value is -1.58. The summed E-state index contributed by atoms with van der Waals surface area (Å²) in [6.07, 6.45) is 7.02. The van der Waals surface area contributed by atoms with Gasteiger partial charge in [0, 0.05) is 30.9 Å². The third-order valence-corrected chi connectivity index (χ3v) is 2.07. The van der Waals surface area contributed by atoms with Gasteiger partial charge in [-0.15, -0.1) is 0 Å². The third-order valence-electron chi connectivity index (χ3n) is 2.07. The summed E-state index contributed by atoms with van der Waals surface area (Å²) < 4.78 is 0. The Bertz CT molecular complexity index is 328. The number of rotatable bonds is 5. The molecule has 15 heavy (non-hydrogen) atoms. The minimum Gasteiger partial charge on any atom is -0.352 e. The molecular formula is C11H17N3O. The Morgan fingerprint density at radius 2 is 2.47 bits per heavy atom. The fourth-order valence-corrected chi connectivity index (χ4v) is 1.27. The summed E-state index contributed by atoms with van der Waals surface area (Å²) in [6, 6.07) is 0. The predicted octanol–water partition coefficient (Wildman–Crippen LogP) is 1.42. The zero-order valence-electron chi connectivity index (χ0n) is 9.21. The van der Waals surface area contributed by atoms with Crippen LogP contribution in [0.1, 0.15) is 26.1 Å². The van der Waals surface area contributed by atoms with Crippen molar-refractivity contribution in [3.05, 3.63) is 29.9 Å². The first-order valence-electron chi connectivity index (χ1n) is 5.17. The number of hydrogen-bond acceptors (Lipinski definition) is 2. The van der Waals surface area contributed by atoms with Gasteiger partial charge in [-0.25, -0.2) is 4.98 Å². The zero-order chi connectivity index (χ0) is 11.1. The normalized spacial score (nSPS) is 11.5. The summed E-state index contributed by atoms with van der Waals surface area (Å²) in [5.74, 6) is 0.899. The highest BCUT2D eigenvalue weighted by atomic mass is 16.1. The van der Waals surface area contributed by atoms with E-state index in [1.165, 1.54) is 0 Å². The Morgan fingerprint density at radius 1 is 1.67 bits per heavy atom. The van der Waals surface area contributed by atoms with E-state index >= 15 is 0 Å². The smallest absolute Gasteiger partial charge is 0.246 e. The SMILES string of the molecule is CC/C=C(/C)C(=O)NCCc1ncc[nH]1. The van der Waals surface area contributed by atoms with E-state index in [9.17, 15) is 4.79 Å². The van der Waals surface area contributed by atoms with Crippen LogP contribution in [0.3, 0.4) is 0 Å². The van der Waals surface area contributed by atoms with Gasteiger partial charge in [-0.3, -0.25) is 4.79 Å². The third kappa shape index (κ3) is 3.97. The van der Waals surface area contributed by atoms with Crippen LogP contribution in [0.25, 0.3) is 0 Å². The molecule has 0 spiro atoms. The number of carbonyl (C=O) groups excluding carboxylic acids is 1.